The fourth-order valence-electron chi connectivity index (χ4n) is 4.90. The van der Waals surface area contributed by atoms with Gasteiger partial charge in [-0.05, 0) is 80.2 Å². The summed E-state index contributed by atoms with van der Waals surface area (Å²) in [5.74, 6) is 1.92. The smallest absolute Gasteiger partial charge is 0.223 e. The molecule has 0 saturated heterocycles. The van der Waals surface area contributed by atoms with Gasteiger partial charge in [0, 0.05) is 24.0 Å². The Morgan fingerprint density at radius 2 is 1.96 bits per heavy atom. The van der Waals surface area contributed by atoms with Gasteiger partial charge in [0.2, 0.25) is 5.91 Å². The molecule has 1 heterocycles. The molecule has 126 valence electrons. The Labute approximate surface area is 141 Å². The average molecular weight is 326 g/mol. The Kier molecular flexibility index (Phi) is 3.99. The van der Waals surface area contributed by atoms with Gasteiger partial charge in [-0.2, -0.15) is 0 Å². The van der Waals surface area contributed by atoms with Gasteiger partial charge in [0.25, 0.3) is 0 Å². The molecule has 1 amide bonds. The van der Waals surface area contributed by atoms with Crippen molar-refractivity contribution >= 4 is 16.8 Å². The largest absolute Gasteiger partial charge is 0.356 e. The predicted octanol–water partition coefficient (Wildman–Crippen LogP) is 4.03. The first-order valence-corrected chi connectivity index (χ1v) is 8.97. The number of carbonyl (C=O) groups is 1. The van der Waals surface area contributed by atoms with Crippen LogP contribution >= 0.6 is 0 Å². The number of benzene rings is 1. The molecule has 2 saturated carbocycles. The maximum absolute atomic E-state index is 13.7. The summed E-state index contributed by atoms with van der Waals surface area (Å²) in [5, 5.41) is 3.91. The van der Waals surface area contributed by atoms with E-state index >= 15 is 0 Å². The monoisotopic (exact) mass is 326 g/mol. The van der Waals surface area contributed by atoms with Crippen molar-refractivity contribution in [2.45, 2.75) is 38.5 Å². The number of halogens is 1. The van der Waals surface area contributed by atoms with Crippen molar-refractivity contribution in [3.05, 3.63) is 41.8 Å². The maximum atomic E-state index is 13.7. The van der Waals surface area contributed by atoms with Crippen molar-refractivity contribution < 1.29 is 9.18 Å². The molecule has 1 aromatic carbocycles. The van der Waals surface area contributed by atoms with Gasteiger partial charge in [-0.1, -0.05) is 0 Å². The van der Waals surface area contributed by atoms with Gasteiger partial charge in [-0.3, -0.25) is 9.78 Å². The second kappa shape index (κ2) is 6.15. The van der Waals surface area contributed by atoms with Crippen LogP contribution in [-0.2, 0) is 4.79 Å². The van der Waals surface area contributed by atoms with Crippen LogP contribution in [0.3, 0.4) is 0 Å². The highest BCUT2D eigenvalue weighted by Crippen LogP contribution is 2.53. The fraction of sp³-hybridized carbons (Fsp3) is 0.500. The number of fused-ring (bicyclic) bond motifs is 2. The predicted molar refractivity (Wildman–Crippen MR) is 92.1 cm³/mol. The third-order valence-corrected chi connectivity index (χ3v) is 5.91. The molecule has 0 aliphatic heterocycles. The second-order valence-electron chi connectivity index (χ2n) is 7.31. The fourth-order valence-corrected chi connectivity index (χ4v) is 4.90. The molecule has 2 aromatic rings. The van der Waals surface area contributed by atoms with E-state index < -0.39 is 0 Å². The number of aromatic nitrogens is 1. The Morgan fingerprint density at radius 3 is 2.67 bits per heavy atom. The Hall–Kier alpha value is -1.97. The minimum atomic E-state index is -0.203. The topological polar surface area (TPSA) is 42.0 Å². The number of pyridine rings is 1. The zero-order valence-corrected chi connectivity index (χ0v) is 14.0. The first kappa shape index (κ1) is 15.6. The van der Waals surface area contributed by atoms with Crippen LogP contribution < -0.4 is 5.32 Å². The van der Waals surface area contributed by atoms with Crippen LogP contribution in [0.15, 0.2) is 30.5 Å². The Balaban J connectivity index is 1.54. The lowest BCUT2D eigenvalue weighted by Gasteiger charge is -2.16. The number of nitrogens with one attached hydrogen (secondary N) is 1. The maximum Gasteiger partial charge on any atom is 0.223 e. The van der Waals surface area contributed by atoms with Crippen LogP contribution in [0.4, 0.5) is 4.39 Å². The second-order valence-corrected chi connectivity index (χ2v) is 7.31. The van der Waals surface area contributed by atoms with Crippen molar-refractivity contribution in [2.24, 2.45) is 17.8 Å². The van der Waals surface area contributed by atoms with Gasteiger partial charge in [0.15, 0.2) is 0 Å². The highest BCUT2D eigenvalue weighted by molar-refractivity contribution is 5.82. The molecule has 3 nitrogen and oxygen atoms in total. The molecular weight excluding hydrogens is 303 g/mol. The first-order valence-electron chi connectivity index (χ1n) is 8.97. The lowest BCUT2D eigenvalue weighted by atomic mass is 9.90. The molecular formula is C20H23FN2O. The highest BCUT2D eigenvalue weighted by atomic mass is 19.1. The summed E-state index contributed by atoms with van der Waals surface area (Å²) < 4.78 is 13.7. The minimum Gasteiger partial charge on any atom is -0.356 e. The first-order chi connectivity index (χ1) is 11.7. The summed E-state index contributed by atoms with van der Waals surface area (Å²) in [5.41, 5.74) is 2.09. The molecule has 4 atom stereocenters. The normalized spacial score (nSPS) is 28.9. The van der Waals surface area contributed by atoms with Gasteiger partial charge in [0.1, 0.15) is 5.82 Å². The zero-order chi connectivity index (χ0) is 16.7. The molecule has 24 heavy (non-hydrogen) atoms. The molecule has 2 aliphatic rings. The summed E-state index contributed by atoms with van der Waals surface area (Å²) in [6, 6.07) is 6.90. The summed E-state index contributed by atoms with van der Waals surface area (Å²) >= 11 is 0. The SMILES string of the molecule is CCNC(=O)[C@H]1C[C@@H]2C[C@H](c3ccnc4ccc(F)cc34)C[C@@H]2C1. The van der Waals surface area contributed by atoms with E-state index in [0.717, 1.165) is 36.6 Å². The van der Waals surface area contributed by atoms with Gasteiger partial charge >= 0.3 is 0 Å². The number of rotatable bonds is 3. The van der Waals surface area contributed by atoms with E-state index in [9.17, 15) is 9.18 Å². The van der Waals surface area contributed by atoms with Crippen LogP contribution in [0.2, 0.25) is 0 Å². The Bertz CT molecular complexity index is 761. The third-order valence-electron chi connectivity index (χ3n) is 5.91. The van der Waals surface area contributed by atoms with Gasteiger partial charge in [-0.15, -0.1) is 0 Å². The molecule has 0 unspecified atom stereocenters. The van der Waals surface area contributed by atoms with Gasteiger partial charge in [-0.25, -0.2) is 4.39 Å². The number of hydrogen-bond donors (Lipinski definition) is 1. The summed E-state index contributed by atoms with van der Waals surface area (Å²) in [6.45, 7) is 2.68. The quantitative estimate of drug-likeness (QED) is 0.925. The van der Waals surface area contributed by atoms with E-state index in [1.807, 2.05) is 13.1 Å². The molecule has 2 fully saturated rings. The molecule has 0 radical (unpaired) electrons. The van der Waals surface area contributed by atoms with Crippen LogP contribution in [0.5, 0.6) is 0 Å². The van der Waals surface area contributed by atoms with E-state index in [4.69, 9.17) is 0 Å². The van der Waals surface area contributed by atoms with E-state index in [-0.39, 0.29) is 17.6 Å². The van der Waals surface area contributed by atoms with Crippen molar-refractivity contribution in [1.82, 2.24) is 10.3 Å². The molecule has 1 aromatic heterocycles. The molecule has 2 aliphatic carbocycles. The summed E-state index contributed by atoms with van der Waals surface area (Å²) in [4.78, 5) is 16.4. The lowest BCUT2D eigenvalue weighted by Crippen LogP contribution is -2.29. The molecule has 0 spiro atoms. The van der Waals surface area contributed by atoms with Crippen molar-refractivity contribution in [3.63, 3.8) is 0 Å². The minimum absolute atomic E-state index is 0.188. The highest BCUT2D eigenvalue weighted by Gasteiger charge is 2.44. The van der Waals surface area contributed by atoms with Crippen molar-refractivity contribution in [1.29, 1.82) is 0 Å². The van der Waals surface area contributed by atoms with E-state index in [0.29, 0.717) is 24.3 Å². The van der Waals surface area contributed by atoms with Gasteiger partial charge < -0.3 is 5.32 Å². The van der Waals surface area contributed by atoms with E-state index in [2.05, 4.69) is 16.4 Å². The average Bonchev–Trinajstić information content (AvgIpc) is 3.13. The molecule has 4 heteroatoms. The number of carbonyl (C=O) groups excluding carboxylic acids is 1. The van der Waals surface area contributed by atoms with E-state index in [1.165, 1.54) is 11.6 Å². The van der Waals surface area contributed by atoms with Gasteiger partial charge in [0.05, 0.1) is 5.52 Å². The molecule has 4 rings (SSSR count). The molecule has 0 bridgehead atoms. The van der Waals surface area contributed by atoms with E-state index in [1.54, 1.807) is 12.1 Å². The standard InChI is InChI=1S/C20H23FN2O/c1-2-22-20(24)15-9-12-7-14(8-13(12)10-15)17-5-6-23-19-4-3-16(21)11-18(17)19/h3-6,11-15H,2,7-10H2,1H3,(H,22,24)/t12-,13+,14-,15-. The van der Waals surface area contributed by atoms with Crippen molar-refractivity contribution in [2.75, 3.05) is 6.54 Å². The number of nitrogens with zero attached hydrogens (tertiary/aromatic N) is 1. The van der Waals surface area contributed by atoms with Crippen LogP contribution in [0.1, 0.15) is 44.1 Å². The van der Waals surface area contributed by atoms with Crippen molar-refractivity contribution in [3.8, 4) is 0 Å². The van der Waals surface area contributed by atoms with Crippen LogP contribution in [0.25, 0.3) is 10.9 Å². The Morgan fingerprint density at radius 1 is 1.21 bits per heavy atom. The van der Waals surface area contributed by atoms with Crippen LogP contribution in [-0.4, -0.2) is 17.4 Å². The molecule has 1 N–H and O–H groups in total. The summed E-state index contributed by atoms with van der Waals surface area (Å²) in [6.07, 6.45) is 6.06. The third kappa shape index (κ3) is 2.68. The van der Waals surface area contributed by atoms with Crippen LogP contribution in [0, 0.1) is 23.6 Å². The lowest BCUT2D eigenvalue weighted by molar-refractivity contribution is -0.124. The number of amides is 1. The zero-order valence-electron chi connectivity index (χ0n) is 14.0. The summed E-state index contributed by atoms with van der Waals surface area (Å²) in [7, 11) is 0. The number of hydrogen-bond acceptors (Lipinski definition) is 2.